The highest BCUT2D eigenvalue weighted by molar-refractivity contribution is 7.89. The standard InChI is InChI=1S/C24H27ClN4O2S/c1-4-19-5-7-20(8-6-19)22-9-10-24(27-26-22)28-11-13-29(14-12-28)32(30,31)23-16-17(2)21(25)15-18(23)3/h5-10,15-16H,4,11-14H2,1-3H3. The maximum absolute atomic E-state index is 13.2. The number of benzene rings is 2. The SMILES string of the molecule is CCc1ccc(-c2ccc(N3CCN(S(=O)(=O)c4cc(C)c(Cl)cc4C)CC3)nn2)cc1. The fraction of sp³-hybridized carbons (Fsp3) is 0.333. The third kappa shape index (κ3) is 4.51. The van der Waals surface area contributed by atoms with Crippen LogP contribution in [-0.2, 0) is 16.4 Å². The Kier molecular flexibility index (Phi) is 6.51. The highest BCUT2D eigenvalue weighted by Gasteiger charge is 2.30. The van der Waals surface area contributed by atoms with Crippen molar-refractivity contribution in [1.29, 1.82) is 0 Å². The van der Waals surface area contributed by atoms with E-state index in [-0.39, 0.29) is 0 Å². The first kappa shape index (κ1) is 22.7. The largest absolute Gasteiger partial charge is 0.352 e. The summed E-state index contributed by atoms with van der Waals surface area (Å²) in [6.45, 7) is 7.64. The molecule has 4 rings (SSSR count). The number of aryl methyl sites for hydroxylation is 3. The second-order valence-corrected chi connectivity index (χ2v) is 10.4. The molecule has 32 heavy (non-hydrogen) atoms. The summed E-state index contributed by atoms with van der Waals surface area (Å²) in [7, 11) is -3.57. The predicted molar refractivity (Wildman–Crippen MR) is 129 cm³/mol. The minimum atomic E-state index is -3.57. The average molecular weight is 471 g/mol. The number of hydrogen-bond donors (Lipinski definition) is 0. The summed E-state index contributed by atoms with van der Waals surface area (Å²) >= 11 is 6.14. The van der Waals surface area contributed by atoms with Gasteiger partial charge < -0.3 is 4.90 Å². The van der Waals surface area contributed by atoms with Crippen LogP contribution in [-0.4, -0.2) is 49.1 Å². The summed E-state index contributed by atoms with van der Waals surface area (Å²) in [6.07, 6.45) is 1.00. The zero-order valence-electron chi connectivity index (χ0n) is 18.5. The van der Waals surface area contributed by atoms with Gasteiger partial charge in [0.2, 0.25) is 10.0 Å². The number of rotatable bonds is 5. The highest BCUT2D eigenvalue weighted by Crippen LogP contribution is 2.27. The average Bonchev–Trinajstić information content (AvgIpc) is 2.81. The Morgan fingerprint density at radius 2 is 1.59 bits per heavy atom. The van der Waals surface area contributed by atoms with Crippen LogP contribution < -0.4 is 4.90 Å². The summed E-state index contributed by atoms with van der Waals surface area (Å²) in [6, 6.07) is 15.6. The number of sulfonamides is 1. The summed E-state index contributed by atoms with van der Waals surface area (Å²) in [5.41, 5.74) is 4.57. The lowest BCUT2D eigenvalue weighted by Crippen LogP contribution is -2.49. The van der Waals surface area contributed by atoms with E-state index in [1.807, 2.05) is 19.1 Å². The molecule has 0 radical (unpaired) electrons. The number of piperazine rings is 1. The van der Waals surface area contributed by atoms with E-state index in [9.17, 15) is 8.42 Å². The maximum atomic E-state index is 13.2. The molecule has 1 aliphatic heterocycles. The molecule has 1 aromatic heterocycles. The van der Waals surface area contributed by atoms with Crippen LogP contribution in [0.5, 0.6) is 0 Å². The molecule has 2 aromatic carbocycles. The van der Waals surface area contributed by atoms with Gasteiger partial charge >= 0.3 is 0 Å². The lowest BCUT2D eigenvalue weighted by Gasteiger charge is -2.34. The van der Waals surface area contributed by atoms with Crippen LogP contribution in [0.25, 0.3) is 11.3 Å². The van der Waals surface area contributed by atoms with Crippen molar-refractivity contribution < 1.29 is 8.42 Å². The molecule has 6 nitrogen and oxygen atoms in total. The quantitative estimate of drug-likeness (QED) is 0.549. The van der Waals surface area contributed by atoms with Crippen LogP contribution >= 0.6 is 11.6 Å². The summed E-state index contributed by atoms with van der Waals surface area (Å²) < 4.78 is 27.9. The molecule has 0 spiro atoms. The van der Waals surface area contributed by atoms with Gasteiger partial charge in [-0.15, -0.1) is 10.2 Å². The van der Waals surface area contributed by atoms with Crippen molar-refractivity contribution in [2.45, 2.75) is 32.1 Å². The van der Waals surface area contributed by atoms with E-state index in [4.69, 9.17) is 11.6 Å². The van der Waals surface area contributed by atoms with Crippen LogP contribution in [0.1, 0.15) is 23.6 Å². The molecule has 0 atom stereocenters. The molecule has 168 valence electrons. The van der Waals surface area contributed by atoms with Gasteiger partial charge in [-0.1, -0.05) is 42.8 Å². The van der Waals surface area contributed by atoms with E-state index < -0.39 is 10.0 Å². The van der Waals surface area contributed by atoms with Gasteiger partial charge in [0.1, 0.15) is 0 Å². The second kappa shape index (κ2) is 9.17. The van der Waals surface area contributed by atoms with Crippen LogP contribution in [0.15, 0.2) is 53.4 Å². The summed E-state index contributed by atoms with van der Waals surface area (Å²) in [5, 5.41) is 9.36. The second-order valence-electron chi connectivity index (χ2n) is 8.09. The van der Waals surface area contributed by atoms with E-state index in [0.29, 0.717) is 41.7 Å². The zero-order chi connectivity index (χ0) is 22.9. The van der Waals surface area contributed by atoms with Crippen molar-refractivity contribution in [2.75, 3.05) is 31.1 Å². The number of halogens is 1. The van der Waals surface area contributed by atoms with E-state index in [2.05, 4.69) is 46.3 Å². The Bertz CT molecular complexity index is 1200. The molecule has 8 heteroatoms. The van der Waals surface area contributed by atoms with Gasteiger partial charge in [-0.05, 0) is 61.2 Å². The van der Waals surface area contributed by atoms with Gasteiger partial charge in [-0.25, -0.2) is 8.42 Å². The van der Waals surface area contributed by atoms with Gasteiger partial charge in [-0.2, -0.15) is 4.31 Å². The Morgan fingerprint density at radius 3 is 2.19 bits per heavy atom. The molecule has 0 N–H and O–H groups in total. The lowest BCUT2D eigenvalue weighted by atomic mass is 10.1. The van der Waals surface area contributed by atoms with Crippen molar-refractivity contribution in [1.82, 2.24) is 14.5 Å². The molecule has 1 aliphatic rings. The van der Waals surface area contributed by atoms with Gasteiger partial charge in [0.15, 0.2) is 5.82 Å². The fourth-order valence-corrected chi connectivity index (χ4v) is 5.82. The van der Waals surface area contributed by atoms with Crippen molar-refractivity contribution in [2.24, 2.45) is 0 Å². The number of hydrogen-bond acceptors (Lipinski definition) is 5. The maximum Gasteiger partial charge on any atom is 0.243 e. The molecular weight excluding hydrogens is 444 g/mol. The predicted octanol–water partition coefficient (Wildman–Crippen LogP) is 4.49. The number of aromatic nitrogens is 2. The smallest absolute Gasteiger partial charge is 0.243 e. The third-order valence-corrected chi connectivity index (χ3v) is 8.39. The third-order valence-electron chi connectivity index (χ3n) is 5.95. The number of nitrogens with zero attached hydrogens (tertiary/aromatic N) is 4. The Morgan fingerprint density at radius 1 is 0.906 bits per heavy atom. The molecular formula is C24H27ClN4O2S. The Balaban J connectivity index is 1.45. The van der Waals surface area contributed by atoms with E-state index >= 15 is 0 Å². The molecule has 1 fully saturated rings. The highest BCUT2D eigenvalue weighted by atomic mass is 35.5. The first-order valence-corrected chi connectivity index (χ1v) is 12.6. The fourth-order valence-electron chi connectivity index (χ4n) is 3.89. The first-order chi connectivity index (χ1) is 15.3. The molecule has 3 aromatic rings. The number of anilines is 1. The van der Waals surface area contributed by atoms with E-state index in [0.717, 1.165) is 29.1 Å². The lowest BCUT2D eigenvalue weighted by molar-refractivity contribution is 0.383. The summed E-state index contributed by atoms with van der Waals surface area (Å²) in [4.78, 5) is 2.40. The van der Waals surface area contributed by atoms with Crippen LogP contribution in [0, 0.1) is 13.8 Å². The normalized spacial score (nSPS) is 15.2. The van der Waals surface area contributed by atoms with Crippen molar-refractivity contribution >= 4 is 27.4 Å². The summed E-state index contributed by atoms with van der Waals surface area (Å²) in [5.74, 6) is 0.759. The Hall–Kier alpha value is -2.48. The van der Waals surface area contributed by atoms with Crippen molar-refractivity contribution in [3.05, 3.63) is 70.2 Å². The van der Waals surface area contributed by atoms with Gasteiger partial charge in [0.05, 0.1) is 10.6 Å². The van der Waals surface area contributed by atoms with Crippen LogP contribution in [0.4, 0.5) is 5.82 Å². The van der Waals surface area contributed by atoms with E-state index in [1.54, 1.807) is 19.1 Å². The monoisotopic (exact) mass is 470 g/mol. The minimum absolute atomic E-state index is 0.325. The molecule has 0 amide bonds. The molecule has 0 aliphatic carbocycles. The van der Waals surface area contributed by atoms with E-state index in [1.165, 1.54) is 9.87 Å². The van der Waals surface area contributed by atoms with Crippen molar-refractivity contribution in [3.63, 3.8) is 0 Å². The van der Waals surface area contributed by atoms with Gasteiger partial charge in [0.25, 0.3) is 0 Å². The van der Waals surface area contributed by atoms with Crippen LogP contribution in [0.2, 0.25) is 5.02 Å². The Labute approximate surface area is 194 Å². The van der Waals surface area contributed by atoms with Crippen LogP contribution in [0.3, 0.4) is 0 Å². The molecule has 2 heterocycles. The molecule has 0 bridgehead atoms. The molecule has 1 saturated heterocycles. The molecule has 0 unspecified atom stereocenters. The van der Waals surface area contributed by atoms with Gasteiger partial charge in [0, 0.05) is 36.8 Å². The minimum Gasteiger partial charge on any atom is -0.352 e. The molecule has 0 saturated carbocycles. The van der Waals surface area contributed by atoms with Gasteiger partial charge in [-0.3, -0.25) is 0 Å². The topological polar surface area (TPSA) is 66.4 Å². The van der Waals surface area contributed by atoms with Crippen molar-refractivity contribution in [3.8, 4) is 11.3 Å². The first-order valence-electron chi connectivity index (χ1n) is 10.7. The zero-order valence-corrected chi connectivity index (χ0v) is 20.1.